The molecule has 0 aliphatic rings. The minimum Gasteiger partial charge on any atom is -0.346 e. The number of halogens is 1. The second-order valence-electron chi connectivity index (χ2n) is 6.15. The fraction of sp³-hybridized carbons (Fsp3) is 0.0526. The van der Waals surface area contributed by atoms with Crippen LogP contribution in [0.2, 0.25) is 5.02 Å². The van der Waals surface area contributed by atoms with E-state index in [4.69, 9.17) is 16.6 Å². The molecular formula is C19H12ClN5OS. The third kappa shape index (κ3) is 2.63. The van der Waals surface area contributed by atoms with E-state index in [1.54, 1.807) is 16.4 Å². The lowest BCUT2D eigenvalue weighted by atomic mass is 10.0. The highest BCUT2D eigenvalue weighted by Gasteiger charge is 2.17. The molecule has 4 heterocycles. The van der Waals surface area contributed by atoms with Gasteiger partial charge in [-0.3, -0.25) is 9.48 Å². The molecule has 0 aliphatic heterocycles. The summed E-state index contributed by atoms with van der Waals surface area (Å²) in [5, 5.41) is 5.58. The van der Waals surface area contributed by atoms with Gasteiger partial charge >= 0.3 is 0 Å². The van der Waals surface area contributed by atoms with E-state index in [9.17, 15) is 4.79 Å². The fourth-order valence-electron chi connectivity index (χ4n) is 3.13. The zero-order chi connectivity index (χ0) is 18.5. The summed E-state index contributed by atoms with van der Waals surface area (Å²) in [6.07, 6.45) is 3.46. The van der Waals surface area contributed by atoms with Crippen molar-refractivity contribution >= 4 is 44.2 Å². The summed E-state index contributed by atoms with van der Waals surface area (Å²) in [5.41, 5.74) is 6.06. The Morgan fingerprint density at radius 3 is 2.93 bits per heavy atom. The van der Waals surface area contributed by atoms with Crippen LogP contribution in [0.25, 0.3) is 43.8 Å². The van der Waals surface area contributed by atoms with Crippen molar-refractivity contribution in [2.75, 3.05) is 0 Å². The van der Waals surface area contributed by atoms with Gasteiger partial charge in [-0.1, -0.05) is 11.6 Å². The summed E-state index contributed by atoms with van der Waals surface area (Å²) in [7, 11) is 1.85. The topological polar surface area (TPSA) is 76.5 Å². The Morgan fingerprint density at radius 2 is 2.11 bits per heavy atom. The smallest absolute Gasteiger partial charge is 0.191 e. The van der Waals surface area contributed by atoms with Gasteiger partial charge in [-0.2, -0.15) is 5.10 Å². The summed E-state index contributed by atoms with van der Waals surface area (Å²) in [4.78, 5) is 24.4. The molecule has 5 rings (SSSR count). The summed E-state index contributed by atoms with van der Waals surface area (Å²) in [6, 6.07) is 9.12. The molecule has 8 heteroatoms. The molecule has 1 aromatic carbocycles. The predicted molar refractivity (Wildman–Crippen MR) is 108 cm³/mol. The van der Waals surface area contributed by atoms with Crippen molar-refractivity contribution in [1.82, 2.24) is 24.7 Å². The van der Waals surface area contributed by atoms with E-state index in [0.29, 0.717) is 21.7 Å². The van der Waals surface area contributed by atoms with Gasteiger partial charge in [-0.05, 0) is 29.8 Å². The largest absolute Gasteiger partial charge is 0.346 e. The van der Waals surface area contributed by atoms with Crippen LogP contribution < -0.4 is 5.43 Å². The third-order valence-corrected chi connectivity index (χ3v) is 5.46. The van der Waals surface area contributed by atoms with Crippen molar-refractivity contribution in [1.29, 1.82) is 0 Å². The zero-order valence-electron chi connectivity index (χ0n) is 14.1. The molecule has 27 heavy (non-hydrogen) atoms. The lowest BCUT2D eigenvalue weighted by molar-refractivity contribution is 0.770. The lowest BCUT2D eigenvalue weighted by Crippen LogP contribution is -2.03. The van der Waals surface area contributed by atoms with Gasteiger partial charge in [-0.15, -0.1) is 11.3 Å². The van der Waals surface area contributed by atoms with Gasteiger partial charge in [0.05, 0.1) is 26.1 Å². The number of pyridine rings is 2. The number of hydrogen-bond acceptors (Lipinski definition) is 5. The number of nitrogens with zero attached hydrogens (tertiary/aromatic N) is 4. The quantitative estimate of drug-likeness (QED) is 0.486. The monoisotopic (exact) mass is 393 g/mol. The van der Waals surface area contributed by atoms with Gasteiger partial charge in [-0.25, -0.2) is 9.97 Å². The molecule has 0 saturated carbocycles. The predicted octanol–water partition coefficient (Wildman–Crippen LogP) is 4.25. The van der Waals surface area contributed by atoms with Crippen molar-refractivity contribution in [2.45, 2.75) is 0 Å². The number of fused-ring (bicyclic) bond motifs is 2. The average molecular weight is 394 g/mol. The number of nitrogens with one attached hydrogen (secondary N) is 1. The first-order valence-electron chi connectivity index (χ1n) is 8.16. The van der Waals surface area contributed by atoms with Crippen molar-refractivity contribution in [3.63, 3.8) is 0 Å². The van der Waals surface area contributed by atoms with Crippen LogP contribution in [0, 0.1) is 0 Å². The molecule has 4 aromatic heterocycles. The Morgan fingerprint density at radius 1 is 1.22 bits per heavy atom. The van der Waals surface area contributed by atoms with Crippen LogP contribution in [-0.4, -0.2) is 24.7 Å². The van der Waals surface area contributed by atoms with Gasteiger partial charge in [0.2, 0.25) is 0 Å². The molecule has 0 fully saturated rings. The van der Waals surface area contributed by atoms with E-state index in [0.717, 1.165) is 27.0 Å². The van der Waals surface area contributed by atoms with Gasteiger partial charge in [0.25, 0.3) is 0 Å². The number of hydrogen-bond donors (Lipinski definition) is 1. The van der Waals surface area contributed by atoms with Gasteiger partial charge < -0.3 is 4.98 Å². The van der Waals surface area contributed by atoms with Gasteiger partial charge in [0.15, 0.2) is 5.43 Å². The van der Waals surface area contributed by atoms with Crippen molar-refractivity contribution in [3.8, 4) is 22.5 Å². The van der Waals surface area contributed by atoms with E-state index in [2.05, 4.69) is 15.1 Å². The highest BCUT2D eigenvalue weighted by Crippen LogP contribution is 2.36. The minimum atomic E-state index is -0.0879. The van der Waals surface area contributed by atoms with Crippen LogP contribution in [0.3, 0.4) is 0 Å². The molecule has 0 saturated heterocycles. The molecule has 0 bridgehead atoms. The number of aryl methyl sites for hydroxylation is 1. The van der Waals surface area contributed by atoms with Crippen LogP contribution in [0.5, 0.6) is 0 Å². The standard InChI is InChI=1S/C19H12ClN5OS/c1-25-5-3-14(24-25)17-11(8-12-15(26)2-4-21-19(12)23-17)10-6-13(20)18-16(7-10)27-9-22-18/h2-9H,1H3,(H,21,23,26). The molecule has 0 radical (unpaired) electrons. The van der Waals surface area contributed by atoms with Crippen LogP contribution in [0.15, 0.2) is 53.0 Å². The molecule has 0 aliphatic carbocycles. The maximum absolute atomic E-state index is 12.3. The van der Waals surface area contributed by atoms with Crippen molar-refractivity contribution in [2.24, 2.45) is 7.05 Å². The van der Waals surface area contributed by atoms with E-state index in [1.807, 2.05) is 37.5 Å². The van der Waals surface area contributed by atoms with E-state index in [1.165, 1.54) is 17.4 Å². The Bertz CT molecular complexity index is 1380. The SMILES string of the molecule is Cn1ccc(-c2nc3[nH]ccc(=O)c3cc2-c2cc(Cl)c3ncsc3c2)n1. The maximum atomic E-state index is 12.3. The zero-order valence-corrected chi connectivity index (χ0v) is 15.7. The maximum Gasteiger partial charge on any atom is 0.191 e. The normalized spacial score (nSPS) is 11.5. The van der Waals surface area contributed by atoms with Crippen molar-refractivity contribution < 1.29 is 0 Å². The average Bonchev–Trinajstić information content (AvgIpc) is 3.30. The molecule has 0 unspecified atom stereocenters. The number of aromatic nitrogens is 5. The van der Waals surface area contributed by atoms with Crippen LogP contribution in [0.1, 0.15) is 0 Å². The van der Waals surface area contributed by atoms with Gasteiger partial charge in [0.1, 0.15) is 17.0 Å². The summed E-state index contributed by atoms with van der Waals surface area (Å²) in [6.45, 7) is 0. The second-order valence-corrected chi connectivity index (χ2v) is 7.45. The fourth-order valence-corrected chi connectivity index (χ4v) is 4.20. The Labute approximate surface area is 162 Å². The first kappa shape index (κ1) is 16.2. The molecule has 0 spiro atoms. The molecule has 0 amide bonds. The van der Waals surface area contributed by atoms with Crippen molar-refractivity contribution in [3.05, 3.63) is 63.5 Å². The van der Waals surface area contributed by atoms with E-state index >= 15 is 0 Å². The Kier molecular flexibility index (Phi) is 3.60. The van der Waals surface area contributed by atoms with Gasteiger partial charge in [0, 0.05) is 31.1 Å². The lowest BCUT2D eigenvalue weighted by Gasteiger charge is -2.10. The Balaban J connectivity index is 1.88. The molecule has 5 aromatic rings. The summed E-state index contributed by atoms with van der Waals surface area (Å²) < 4.78 is 2.70. The molecule has 6 nitrogen and oxygen atoms in total. The first-order valence-corrected chi connectivity index (χ1v) is 9.41. The number of H-pyrrole nitrogens is 1. The molecule has 132 valence electrons. The minimum absolute atomic E-state index is 0.0879. The highest BCUT2D eigenvalue weighted by atomic mass is 35.5. The van der Waals surface area contributed by atoms with Crippen LogP contribution in [-0.2, 0) is 7.05 Å². The number of aromatic amines is 1. The number of benzene rings is 1. The molecular weight excluding hydrogens is 382 g/mol. The number of rotatable bonds is 2. The first-order chi connectivity index (χ1) is 13.1. The van der Waals surface area contributed by atoms with E-state index in [-0.39, 0.29) is 5.43 Å². The summed E-state index contributed by atoms with van der Waals surface area (Å²) in [5.74, 6) is 0. The summed E-state index contributed by atoms with van der Waals surface area (Å²) >= 11 is 7.96. The molecule has 0 atom stereocenters. The van der Waals surface area contributed by atoms with E-state index < -0.39 is 0 Å². The highest BCUT2D eigenvalue weighted by molar-refractivity contribution is 7.16. The third-order valence-electron chi connectivity index (χ3n) is 4.40. The van der Waals surface area contributed by atoms with Crippen LogP contribution >= 0.6 is 22.9 Å². The second kappa shape index (κ2) is 6.00. The molecule has 1 N–H and O–H groups in total. The Hall–Kier alpha value is -3.03. The number of thiazole rings is 1. The van der Waals surface area contributed by atoms with Crippen LogP contribution in [0.4, 0.5) is 0 Å².